The number of aliphatic hydroxyl groups excluding tert-OH is 3. The highest BCUT2D eigenvalue weighted by molar-refractivity contribution is 5.66. The highest BCUT2D eigenvalue weighted by atomic mass is 16.5. The van der Waals surface area contributed by atoms with Gasteiger partial charge in [-0.25, -0.2) is 0 Å². The third kappa shape index (κ3) is 10.6. The second-order valence-electron chi connectivity index (χ2n) is 6.92. The number of aliphatic hydroxyl groups is 3. The number of allylic oxidation sites excluding steroid dienone is 4. The molecule has 1 heterocycles. The van der Waals surface area contributed by atoms with Crippen LogP contribution in [0.2, 0.25) is 0 Å². The Kier molecular flexibility index (Phi) is 12.4. The van der Waals surface area contributed by atoms with Crippen molar-refractivity contribution in [2.24, 2.45) is 0 Å². The van der Waals surface area contributed by atoms with Crippen LogP contribution in [0.1, 0.15) is 51.9 Å². The van der Waals surface area contributed by atoms with Crippen molar-refractivity contribution in [1.82, 2.24) is 0 Å². The number of carboxylic acids is 1. The molecule has 1 aliphatic heterocycles. The van der Waals surface area contributed by atoms with Crippen LogP contribution in [-0.2, 0) is 9.53 Å². The van der Waals surface area contributed by atoms with E-state index in [0.29, 0.717) is 32.1 Å². The monoisotopic (exact) mass is 394 g/mol. The number of carboxylic acid groups (broad SMARTS) is 1. The summed E-state index contributed by atoms with van der Waals surface area (Å²) >= 11 is 0. The van der Waals surface area contributed by atoms with Crippen molar-refractivity contribution < 1.29 is 30.0 Å². The highest BCUT2D eigenvalue weighted by Gasteiger charge is 2.36. The van der Waals surface area contributed by atoms with E-state index >= 15 is 0 Å². The summed E-state index contributed by atoms with van der Waals surface area (Å²) < 4.78 is 5.76. The van der Waals surface area contributed by atoms with E-state index in [1.54, 1.807) is 6.08 Å². The number of hydrogen-bond acceptors (Lipinski definition) is 5. The minimum atomic E-state index is -0.870. The Hall–Kier alpha value is -1.73. The quantitative estimate of drug-likeness (QED) is 0.358. The molecule has 0 aromatic carbocycles. The van der Waals surface area contributed by atoms with Crippen molar-refractivity contribution in [3.8, 4) is 0 Å². The van der Waals surface area contributed by atoms with E-state index in [0.717, 1.165) is 6.42 Å². The Labute approximate surface area is 167 Å². The smallest absolute Gasteiger partial charge is 0.303 e. The Morgan fingerprint density at radius 3 is 2.57 bits per heavy atom. The predicted octanol–water partition coefficient (Wildman–Crippen LogP) is 2.90. The molecule has 1 saturated heterocycles. The largest absolute Gasteiger partial charge is 0.481 e. The van der Waals surface area contributed by atoms with E-state index < -0.39 is 30.4 Å². The van der Waals surface area contributed by atoms with E-state index in [2.05, 4.69) is 0 Å². The average Bonchev–Trinajstić information content (AvgIpc) is 3.02. The van der Waals surface area contributed by atoms with Crippen molar-refractivity contribution in [2.75, 3.05) is 0 Å². The van der Waals surface area contributed by atoms with E-state index in [1.165, 1.54) is 6.08 Å². The molecule has 0 aromatic heterocycles. The van der Waals surface area contributed by atoms with Crippen LogP contribution in [0, 0.1) is 0 Å². The molecule has 0 unspecified atom stereocenters. The maximum Gasteiger partial charge on any atom is 0.303 e. The topological polar surface area (TPSA) is 107 Å². The van der Waals surface area contributed by atoms with Crippen molar-refractivity contribution in [2.45, 2.75) is 82.4 Å². The number of hydrogen-bond donors (Lipinski definition) is 4. The molecule has 28 heavy (non-hydrogen) atoms. The molecule has 0 saturated carbocycles. The lowest BCUT2D eigenvalue weighted by Crippen LogP contribution is -2.24. The van der Waals surface area contributed by atoms with Crippen LogP contribution < -0.4 is 0 Å². The average molecular weight is 395 g/mol. The van der Waals surface area contributed by atoms with Crippen molar-refractivity contribution >= 4 is 5.97 Å². The van der Waals surface area contributed by atoms with Crippen LogP contribution >= 0.6 is 0 Å². The summed E-state index contributed by atoms with van der Waals surface area (Å²) in [5, 5.41) is 38.7. The summed E-state index contributed by atoms with van der Waals surface area (Å²) in [4.78, 5) is 10.4. The van der Waals surface area contributed by atoms with E-state index in [1.807, 2.05) is 43.4 Å². The van der Waals surface area contributed by atoms with Gasteiger partial charge in [-0.05, 0) is 32.1 Å². The third-order valence-electron chi connectivity index (χ3n) is 4.44. The molecule has 1 aliphatic rings. The summed E-state index contributed by atoms with van der Waals surface area (Å²) in [6, 6.07) is 0. The number of rotatable bonds is 13. The second-order valence-corrected chi connectivity index (χ2v) is 6.92. The lowest BCUT2D eigenvalue weighted by molar-refractivity contribution is -0.136. The van der Waals surface area contributed by atoms with Gasteiger partial charge >= 0.3 is 5.97 Å². The van der Waals surface area contributed by atoms with Gasteiger partial charge in [0.25, 0.3) is 0 Å². The summed E-state index contributed by atoms with van der Waals surface area (Å²) in [5.74, 6) is -0.804. The standard InChI is InChI=1S/C22H34O6/c1-2-3-8-11-17(23)14-15-18(24)21-16-19(25)20(28-21)12-9-6-4-5-7-10-13-22(26)27/h3,5-9,14-15,17-21,23-25H,2,4,10-13,16H2,1H3,(H,26,27)/b7-5-,8-3-,9-6-,15-14+/t17-,18-,19+,20+,21-/m0/s1. The molecular weight excluding hydrogens is 360 g/mol. The van der Waals surface area contributed by atoms with Crippen LogP contribution in [0.25, 0.3) is 0 Å². The van der Waals surface area contributed by atoms with Gasteiger partial charge in [0.15, 0.2) is 0 Å². The Bertz CT molecular complexity index is 551. The zero-order valence-electron chi connectivity index (χ0n) is 16.6. The molecule has 0 spiro atoms. The fourth-order valence-corrected chi connectivity index (χ4v) is 2.87. The van der Waals surface area contributed by atoms with E-state index in [-0.39, 0.29) is 12.5 Å². The molecule has 6 nitrogen and oxygen atoms in total. The minimum Gasteiger partial charge on any atom is -0.481 e. The van der Waals surface area contributed by atoms with Crippen molar-refractivity contribution in [3.05, 3.63) is 48.6 Å². The Morgan fingerprint density at radius 2 is 1.86 bits per heavy atom. The van der Waals surface area contributed by atoms with Gasteiger partial charge in [0.2, 0.25) is 0 Å². The van der Waals surface area contributed by atoms with E-state index in [9.17, 15) is 20.1 Å². The first-order valence-electron chi connectivity index (χ1n) is 9.98. The van der Waals surface area contributed by atoms with Gasteiger partial charge < -0.3 is 25.2 Å². The van der Waals surface area contributed by atoms with Gasteiger partial charge in [-0.1, -0.05) is 55.5 Å². The fraction of sp³-hybridized carbons (Fsp3) is 0.591. The zero-order chi connectivity index (χ0) is 20.8. The second kappa shape index (κ2) is 14.3. The van der Waals surface area contributed by atoms with Crippen LogP contribution in [0.4, 0.5) is 0 Å². The zero-order valence-corrected chi connectivity index (χ0v) is 16.6. The number of aliphatic carboxylic acids is 1. The molecule has 158 valence electrons. The van der Waals surface area contributed by atoms with Crippen LogP contribution in [0.3, 0.4) is 0 Å². The number of ether oxygens (including phenoxy) is 1. The lowest BCUT2D eigenvalue weighted by atomic mass is 10.0. The molecule has 0 aliphatic carbocycles. The minimum absolute atomic E-state index is 0.132. The van der Waals surface area contributed by atoms with Gasteiger partial charge in [-0.15, -0.1) is 0 Å². The molecular formula is C22H34O6. The maximum atomic E-state index is 10.4. The van der Waals surface area contributed by atoms with Crippen LogP contribution in [0.5, 0.6) is 0 Å². The molecule has 0 radical (unpaired) electrons. The molecule has 6 heteroatoms. The molecule has 0 aromatic rings. The van der Waals surface area contributed by atoms with Crippen LogP contribution in [0.15, 0.2) is 48.6 Å². The first-order valence-corrected chi connectivity index (χ1v) is 9.98. The van der Waals surface area contributed by atoms with Gasteiger partial charge in [0.1, 0.15) is 0 Å². The first-order chi connectivity index (χ1) is 13.4. The molecule has 1 rings (SSSR count). The molecule has 5 atom stereocenters. The number of carbonyl (C=O) groups is 1. The highest BCUT2D eigenvalue weighted by Crippen LogP contribution is 2.26. The van der Waals surface area contributed by atoms with Crippen molar-refractivity contribution in [1.29, 1.82) is 0 Å². The summed E-state index contributed by atoms with van der Waals surface area (Å²) in [5.41, 5.74) is 0. The van der Waals surface area contributed by atoms with Gasteiger partial charge in [0, 0.05) is 12.8 Å². The lowest BCUT2D eigenvalue weighted by Gasteiger charge is -2.16. The van der Waals surface area contributed by atoms with Gasteiger partial charge in [-0.3, -0.25) is 4.79 Å². The molecule has 0 amide bonds. The Balaban J connectivity index is 2.32. The van der Waals surface area contributed by atoms with Gasteiger partial charge in [0.05, 0.1) is 30.5 Å². The summed E-state index contributed by atoms with van der Waals surface area (Å²) in [7, 11) is 0. The summed E-state index contributed by atoms with van der Waals surface area (Å²) in [6.07, 6.45) is 15.2. The van der Waals surface area contributed by atoms with Crippen LogP contribution in [-0.4, -0.2) is 56.9 Å². The fourth-order valence-electron chi connectivity index (χ4n) is 2.87. The van der Waals surface area contributed by atoms with Gasteiger partial charge in [-0.2, -0.15) is 0 Å². The molecule has 1 fully saturated rings. The third-order valence-corrected chi connectivity index (χ3v) is 4.44. The summed E-state index contributed by atoms with van der Waals surface area (Å²) in [6.45, 7) is 2.02. The molecule has 4 N–H and O–H groups in total. The van der Waals surface area contributed by atoms with E-state index in [4.69, 9.17) is 9.84 Å². The SMILES string of the molecule is CC/C=C\C[C@H](O)/C=C/[C@H](O)[C@@H]1C[C@@H](O)[C@@H](C/C=C\C/C=C\CCC(=O)O)O1. The first kappa shape index (κ1) is 24.3. The Morgan fingerprint density at radius 1 is 1.11 bits per heavy atom. The maximum absolute atomic E-state index is 10.4. The predicted molar refractivity (Wildman–Crippen MR) is 109 cm³/mol. The molecule has 0 bridgehead atoms. The van der Waals surface area contributed by atoms with Crippen molar-refractivity contribution in [3.63, 3.8) is 0 Å². The normalized spacial score (nSPS) is 25.5.